The van der Waals surface area contributed by atoms with Crippen LogP contribution < -0.4 is 24.6 Å². The fourth-order valence-electron chi connectivity index (χ4n) is 9.45. The van der Waals surface area contributed by atoms with Crippen molar-refractivity contribution in [2.45, 2.75) is 114 Å². The molecule has 322 valence electrons. The molecule has 15 nitrogen and oxygen atoms in total. The average Bonchev–Trinajstić information content (AvgIpc) is 3.58. The lowest BCUT2D eigenvalue weighted by molar-refractivity contribution is -0.138. The molecule has 2 saturated heterocycles. The van der Waals surface area contributed by atoms with E-state index >= 15 is 0 Å². The number of carbonyl (C=O) groups is 5. The molecule has 3 aliphatic carbocycles. The Morgan fingerprint density at radius 3 is 2.29 bits per heavy atom. The largest absolute Gasteiger partial charge is 0.490 e. The highest BCUT2D eigenvalue weighted by Gasteiger charge is 2.60. The molecule has 2 aromatic heterocycles. The maximum Gasteiger partial charge on any atom is 0.419 e. The van der Waals surface area contributed by atoms with Crippen molar-refractivity contribution in [1.29, 1.82) is 5.26 Å². The number of thiocarbonyl (C=S) groups is 1. The first kappa shape index (κ1) is 41.4. The molecule has 62 heavy (non-hydrogen) atoms. The van der Waals surface area contributed by atoms with Crippen molar-refractivity contribution < 1.29 is 46.6 Å². The van der Waals surface area contributed by atoms with Crippen LogP contribution >= 0.6 is 12.2 Å². The normalized spacial score (nSPS) is 25.5. The highest BCUT2D eigenvalue weighted by molar-refractivity contribution is 7.81. The summed E-state index contributed by atoms with van der Waals surface area (Å²) < 4.78 is 53.8. The minimum atomic E-state index is -4.85. The molecule has 3 aromatic rings. The van der Waals surface area contributed by atoms with Gasteiger partial charge in [0.1, 0.15) is 35.6 Å². The van der Waals surface area contributed by atoms with Gasteiger partial charge in [-0.15, -0.1) is 0 Å². The molecule has 5 heterocycles. The smallest absolute Gasteiger partial charge is 0.419 e. The van der Waals surface area contributed by atoms with E-state index in [0.717, 1.165) is 60.7 Å². The summed E-state index contributed by atoms with van der Waals surface area (Å²) in [6.45, 7) is 5.21. The third-order valence-corrected chi connectivity index (χ3v) is 13.3. The number of nitriles is 1. The van der Waals surface area contributed by atoms with E-state index in [0.29, 0.717) is 42.1 Å². The molecule has 5 amide bonds. The van der Waals surface area contributed by atoms with E-state index in [-0.39, 0.29) is 53.0 Å². The van der Waals surface area contributed by atoms with Crippen molar-refractivity contribution in [1.82, 2.24) is 25.1 Å². The monoisotopic (exact) mass is 870 g/mol. The number of fused-ring (bicyclic) bond motifs is 1. The van der Waals surface area contributed by atoms with Crippen LogP contribution in [-0.2, 0) is 20.6 Å². The van der Waals surface area contributed by atoms with E-state index in [1.807, 2.05) is 0 Å². The Balaban J connectivity index is 0.773. The number of anilines is 2. The number of halogens is 3. The first-order valence-electron chi connectivity index (χ1n) is 20.6. The second-order valence-corrected chi connectivity index (χ2v) is 17.5. The van der Waals surface area contributed by atoms with Crippen molar-refractivity contribution in [3.05, 3.63) is 71.2 Å². The predicted octanol–water partition coefficient (Wildman–Crippen LogP) is 5.31. The molecule has 1 spiro atoms. The molecular weight excluding hydrogens is 830 g/mol. The summed E-state index contributed by atoms with van der Waals surface area (Å²) in [5.41, 5.74) is -2.37. The van der Waals surface area contributed by atoms with E-state index in [2.05, 4.69) is 34.0 Å². The van der Waals surface area contributed by atoms with Gasteiger partial charge in [0.25, 0.3) is 17.7 Å². The van der Waals surface area contributed by atoms with Gasteiger partial charge < -0.3 is 14.4 Å². The maximum absolute atomic E-state index is 13.8. The topological polar surface area (TPSA) is 178 Å². The lowest BCUT2D eigenvalue weighted by atomic mass is 9.75. The summed E-state index contributed by atoms with van der Waals surface area (Å²) in [7, 11) is 0. The molecule has 5 fully saturated rings. The van der Waals surface area contributed by atoms with Gasteiger partial charge in [-0.25, -0.2) is 9.97 Å². The standard InChI is InChI=1S/C43H41F3N8O7S/c1-22(2)51(25-14-29(15-25)60-27-5-6-30-31(17-27)39(58)53(38(30)57)34-7-8-35(55)50-37(34)56)21-23-12-28(13-23)61-36-9-4-24(19-49-36)54-41(62)52(40(59)42(54)10-3-11-42)26-16-32(43(44,45)46)33(18-47)48-20-26/h4-6,9,16-17,19-20,22-23,25,28-29,34H,3,7-8,10-15,21H2,1-2H3,(H,50,55,56)/t23-,25-,28-,29-,34?. The van der Waals surface area contributed by atoms with Crippen molar-refractivity contribution in [2.75, 3.05) is 16.3 Å². The van der Waals surface area contributed by atoms with Gasteiger partial charge in [-0.1, -0.05) is 0 Å². The van der Waals surface area contributed by atoms with E-state index in [1.165, 1.54) is 6.07 Å². The third kappa shape index (κ3) is 7.02. The quantitative estimate of drug-likeness (QED) is 0.194. The highest BCUT2D eigenvalue weighted by Crippen LogP contribution is 2.48. The first-order chi connectivity index (χ1) is 29.6. The highest BCUT2D eigenvalue weighted by atomic mass is 32.1. The molecule has 1 N–H and O–H groups in total. The Morgan fingerprint density at radius 1 is 0.952 bits per heavy atom. The van der Waals surface area contributed by atoms with Gasteiger partial charge >= 0.3 is 6.18 Å². The number of nitrogens with zero attached hydrogens (tertiary/aromatic N) is 7. The first-order valence-corrected chi connectivity index (χ1v) is 21.0. The van der Waals surface area contributed by atoms with Gasteiger partial charge in [0.15, 0.2) is 10.8 Å². The van der Waals surface area contributed by atoms with Crippen LogP contribution in [0.1, 0.15) is 104 Å². The molecule has 3 aliphatic heterocycles. The Bertz CT molecular complexity index is 2440. The van der Waals surface area contributed by atoms with E-state index in [4.69, 9.17) is 21.7 Å². The van der Waals surface area contributed by atoms with Crippen LogP contribution in [0.2, 0.25) is 0 Å². The number of imide groups is 2. The molecule has 0 radical (unpaired) electrons. The van der Waals surface area contributed by atoms with Crippen molar-refractivity contribution in [3.8, 4) is 17.7 Å². The molecule has 1 atom stereocenters. The number of hydrogen-bond acceptors (Lipinski definition) is 12. The minimum absolute atomic E-state index is 0.00295. The van der Waals surface area contributed by atoms with Crippen LogP contribution in [-0.4, -0.2) is 96.8 Å². The van der Waals surface area contributed by atoms with Crippen molar-refractivity contribution in [2.24, 2.45) is 5.92 Å². The zero-order valence-electron chi connectivity index (χ0n) is 33.7. The number of ether oxygens (including phenoxy) is 2. The lowest BCUT2D eigenvalue weighted by Gasteiger charge is -2.48. The summed E-state index contributed by atoms with van der Waals surface area (Å²) in [4.78, 5) is 78.5. The van der Waals surface area contributed by atoms with Crippen LogP contribution in [0.25, 0.3) is 0 Å². The van der Waals surface area contributed by atoms with Crippen LogP contribution in [0.3, 0.4) is 0 Å². The third-order valence-electron chi connectivity index (χ3n) is 13.0. The fraction of sp³-hybridized carbons (Fsp3) is 0.465. The number of alkyl halides is 3. The Hall–Kier alpha value is -6.00. The van der Waals surface area contributed by atoms with Crippen LogP contribution in [0.15, 0.2) is 48.8 Å². The lowest BCUT2D eigenvalue weighted by Crippen LogP contribution is -2.55. The maximum atomic E-state index is 13.8. The Morgan fingerprint density at radius 2 is 1.66 bits per heavy atom. The molecule has 1 unspecified atom stereocenters. The summed E-state index contributed by atoms with van der Waals surface area (Å²) in [5, 5.41) is 11.4. The molecule has 19 heteroatoms. The van der Waals surface area contributed by atoms with E-state index in [9.17, 15) is 42.4 Å². The number of carbonyl (C=O) groups excluding carboxylic acids is 5. The van der Waals surface area contributed by atoms with Gasteiger partial charge in [-0.3, -0.25) is 44.0 Å². The van der Waals surface area contributed by atoms with E-state index < -0.39 is 58.6 Å². The number of piperidine rings is 1. The number of pyridine rings is 2. The number of benzene rings is 1. The van der Waals surface area contributed by atoms with Crippen LogP contribution in [0, 0.1) is 17.2 Å². The van der Waals surface area contributed by atoms with Gasteiger partial charge in [0, 0.05) is 44.0 Å². The summed E-state index contributed by atoms with van der Waals surface area (Å²) in [5.74, 6) is -1.40. The number of rotatable bonds is 11. The molecule has 6 aliphatic rings. The number of amides is 5. The Kier molecular flexibility index (Phi) is 10.3. The predicted molar refractivity (Wildman–Crippen MR) is 217 cm³/mol. The Labute approximate surface area is 359 Å². The summed E-state index contributed by atoms with van der Waals surface area (Å²) in [6.07, 6.45) is 2.66. The number of hydrogen-bond donors (Lipinski definition) is 1. The number of nitrogens with one attached hydrogen (secondary N) is 1. The molecule has 1 aromatic carbocycles. The molecule has 3 saturated carbocycles. The molecular formula is C43H41F3N8O7S. The van der Waals surface area contributed by atoms with Crippen molar-refractivity contribution >= 4 is 58.2 Å². The van der Waals surface area contributed by atoms with Gasteiger partial charge in [0.2, 0.25) is 17.7 Å². The van der Waals surface area contributed by atoms with Gasteiger partial charge in [0.05, 0.1) is 40.5 Å². The fourth-order valence-corrected chi connectivity index (χ4v) is 9.92. The second kappa shape index (κ2) is 15.4. The zero-order valence-corrected chi connectivity index (χ0v) is 34.5. The van der Waals surface area contributed by atoms with Crippen molar-refractivity contribution in [3.63, 3.8) is 0 Å². The minimum Gasteiger partial charge on any atom is -0.490 e. The van der Waals surface area contributed by atoms with Crippen LogP contribution in [0.5, 0.6) is 11.6 Å². The zero-order chi connectivity index (χ0) is 43.8. The number of aromatic nitrogens is 2. The van der Waals surface area contributed by atoms with Crippen LogP contribution in [0.4, 0.5) is 24.5 Å². The van der Waals surface area contributed by atoms with Gasteiger partial charge in [-0.05, 0) is 101 Å². The second-order valence-electron chi connectivity index (χ2n) is 17.1. The SMILES string of the molecule is CC(C)N(C[C@H]1C[C@H](Oc2ccc(N3C(=S)N(c4cnc(C#N)c(C(F)(F)F)c4)C(=O)C34CCC4)cn2)C1)[C@H]1C[C@H](Oc2ccc3c(c2)C(=O)N(C2CCC(=O)NC2=O)C3=O)C1. The van der Waals surface area contributed by atoms with E-state index in [1.54, 1.807) is 41.4 Å². The summed E-state index contributed by atoms with van der Waals surface area (Å²) in [6, 6.07) is 9.97. The molecule has 0 bridgehead atoms. The molecule has 9 rings (SSSR count). The average molecular weight is 871 g/mol. The summed E-state index contributed by atoms with van der Waals surface area (Å²) >= 11 is 5.71. The van der Waals surface area contributed by atoms with Gasteiger partial charge in [-0.2, -0.15) is 18.4 Å².